The zero-order chi connectivity index (χ0) is 22.2. The smallest absolute Gasteiger partial charge is 0.377 e. The van der Waals surface area contributed by atoms with Crippen molar-refractivity contribution in [2.45, 2.75) is 44.6 Å². The summed E-state index contributed by atoms with van der Waals surface area (Å²) in [6.45, 7) is 1.74. The van der Waals surface area contributed by atoms with Crippen LogP contribution in [-0.2, 0) is 6.10 Å². The van der Waals surface area contributed by atoms with Crippen LogP contribution < -0.4 is 11.3 Å². The minimum Gasteiger partial charge on any atom is -0.384 e. The predicted octanol–water partition coefficient (Wildman–Crippen LogP) is 1.88. The first-order valence-corrected chi connectivity index (χ1v) is 10.2. The molecule has 9 heteroatoms. The molecule has 4 rings (SSSR count). The fourth-order valence-electron chi connectivity index (χ4n) is 4.06. The van der Waals surface area contributed by atoms with E-state index in [2.05, 4.69) is 10.1 Å². The minimum absolute atomic E-state index is 0.0859. The molecule has 31 heavy (non-hydrogen) atoms. The second-order valence-corrected chi connectivity index (χ2v) is 7.71. The number of allylic oxidation sites excluding steroid dienone is 1. The number of nitrogen functional groups attached to an aromatic ring is 1. The summed E-state index contributed by atoms with van der Waals surface area (Å²) in [5, 5.41) is 34.5. The number of nitrogens with two attached hydrogens (primary N) is 1. The average Bonchev–Trinajstić information content (AvgIpc) is 3.38. The summed E-state index contributed by atoms with van der Waals surface area (Å²) in [6.07, 6.45) is 9.04. The molecule has 3 heterocycles. The monoisotopic (exact) mass is 423 g/mol. The van der Waals surface area contributed by atoms with Crippen LogP contribution in [0.4, 0.5) is 5.82 Å². The minimum atomic E-state index is -3.37. The fourth-order valence-corrected chi connectivity index (χ4v) is 4.06. The molecule has 1 aliphatic rings. The molecule has 0 atom stereocenters. The number of fused-ring (bicyclic) bond motifs is 1. The van der Waals surface area contributed by atoms with Crippen LogP contribution in [0.1, 0.15) is 61.0 Å². The van der Waals surface area contributed by atoms with Gasteiger partial charge in [-0.3, -0.25) is 4.79 Å². The molecule has 0 radical (unpaired) electrons. The number of rotatable bonds is 5. The first-order chi connectivity index (χ1) is 14.8. The number of aliphatic hydroxyl groups is 3. The van der Waals surface area contributed by atoms with Crippen molar-refractivity contribution in [3.05, 3.63) is 63.3 Å². The molecule has 9 nitrogen and oxygen atoms in total. The van der Waals surface area contributed by atoms with Gasteiger partial charge in [0, 0.05) is 18.2 Å². The van der Waals surface area contributed by atoms with Gasteiger partial charge >= 0.3 is 6.10 Å². The number of pyridine rings is 1. The fraction of sp³-hybridized carbons (Fsp3) is 0.318. The number of hydrogen-bond acceptors (Lipinski definition) is 7. The van der Waals surface area contributed by atoms with Crippen molar-refractivity contribution in [3.63, 3.8) is 0 Å². The molecule has 3 aromatic heterocycles. The summed E-state index contributed by atoms with van der Waals surface area (Å²) in [4.78, 5) is 17.2. The van der Waals surface area contributed by atoms with E-state index in [1.165, 1.54) is 4.52 Å². The van der Waals surface area contributed by atoms with E-state index in [-0.39, 0.29) is 17.1 Å². The Morgan fingerprint density at radius 2 is 1.90 bits per heavy atom. The summed E-state index contributed by atoms with van der Waals surface area (Å²) in [5.74, 6) is 0.618. The number of anilines is 1. The molecular weight excluding hydrogens is 398 g/mol. The van der Waals surface area contributed by atoms with E-state index in [0.717, 1.165) is 36.9 Å². The van der Waals surface area contributed by atoms with Gasteiger partial charge in [0.25, 0.3) is 5.56 Å². The van der Waals surface area contributed by atoms with E-state index in [1.807, 2.05) is 0 Å². The molecule has 0 spiro atoms. The Hall–Kier alpha value is -3.27. The summed E-state index contributed by atoms with van der Waals surface area (Å²) < 4.78 is 2.00. The summed E-state index contributed by atoms with van der Waals surface area (Å²) >= 11 is 0. The van der Waals surface area contributed by atoms with Crippen LogP contribution in [0.25, 0.3) is 23.9 Å². The first-order valence-electron chi connectivity index (χ1n) is 10.2. The lowest BCUT2D eigenvalue weighted by Crippen LogP contribution is -2.43. The number of nitrogens with zero attached hydrogens (tertiary/aromatic N) is 4. The van der Waals surface area contributed by atoms with Gasteiger partial charge in [-0.25, -0.2) is 14.1 Å². The second kappa shape index (κ2) is 8.10. The topological polar surface area (TPSA) is 139 Å². The Morgan fingerprint density at radius 1 is 1.16 bits per heavy atom. The summed E-state index contributed by atoms with van der Waals surface area (Å²) in [6, 6.07) is 5.10. The lowest BCUT2D eigenvalue weighted by atomic mass is 10.0. The highest BCUT2D eigenvalue weighted by molar-refractivity contribution is 5.74. The molecule has 0 amide bonds. The molecule has 1 saturated carbocycles. The molecule has 3 aromatic rings. The van der Waals surface area contributed by atoms with Gasteiger partial charge in [0.2, 0.25) is 0 Å². The predicted molar refractivity (Wildman–Crippen MR) is 118 cm³/mol. The van der Waals surface area contributed by atoms with Crippen LogP contribution in [0, 0.1) is 0 Å². The van der Waals surface area contributed by atoms with Crippen molar-refractivity contribution >= 4 is 29.7 Å². The molecule has 0 aliphatic heterocycles. The molecule has 162 valence electrons. The van der Waals surface area contributed by atoms with Gasteiger partial charge in [-0.05, 0) is 43.5 Å². The first kappa shape index (κ1) is 21.0. The van der Waals surface area contributed by atoms with Gasteiger partial charge in [0.05, 0.1) is 17.0 Å². The lowest BCUT2D eigenvalue weighted by molar-refractivity contribution is -0.374. The van der Waals surface area contributed by atoms with Crippen molar-refractivity contribution in [2.24, 2.45) is 0 Å². The summed E-state index contributed by atoms with van der Waals surface area (Å²) in [5.41, 5.74) is 7.07. The molecule has 1 aliphatic carbocycles. The highest BCUT2D eigenvalue weighted by atomic mass is 16.7. The van der Waals surface area contributed by atoms with Crippen LogP contribution in [0.15, 0.2) is 35.3 Å². The van der Waals surface area contributed by atoms with E-state index in [9.17, 15) is 20.1 Å². The third-order valence-electron chi connectivity index (χ3n) is 5.53. The largest absolute Gasteiger partial charge is 0.384 e. The van der Waals surface area contributed by atoms with E-state index < -0.39 is 11.7 Å². The van der Waals surface area contributed by atoms with Crippen molar-refractivity contribution < 1.29 is 15.3 Å². The van der Waals surface area contributed by atoms with Crippen LogP contribution >= 0.6 is 0 Å². The van der Waals surface area contributed by atoms with Crippen molar-refractivity contribution in [1.82, 2.24) is 19.2 Å². The standard InChI is InChI=1S/C22H25N5O4/c1-2-5-16-18(10-8-14-9-11-19(23)24-13-14)27-20(26(21(16)28)22(29,30)31)12-17(25-27)15-6-3-4-7-15/h2,5,8-13,15,29-31H,3-4,6-7H2,1H3,(H2,23,24)/b5-2-,10-8+. The van der Waals surface area contributed by atoms with Gasteiger partial charge in [-0.2, -0.15) is 5.10 Å². The lowest BCUT2D eigenvalue weighted by Gasteiger charge is -2.20. The zero-order valence-corrected chi connectivity index (χ0v) is 17.1. The maximum Gasteiger partial charge on any atom is 0.377 e. The summed E-state index contributed by atoms with van der Waals surface area (Å²) in [7, 11) is 0. The second-order valence-electron chi connectivity index (χ2n) is 7.71. The van der Waals surface area contributed by atoms with Crippen molar-refractivity contribution in [1.29, 1.82) is 0 Å². The normalized spacial score (nSPS) is 15.7. The Bertz CT molecular complexity index is 1210. The van der Waals surface area contributed by atoms with Gasteiger partial charge in [0.15, 0.2) is 0 Å². The third kappa shape index (κ3) is 4.02. The Labute approximate surface area is 178 Å². The zero-order valence-electron chi connectivity index (χ0n) is 17.1. The maximum atomic E-state index is 13.2. The average molecular weight is 423 g/mol. The SMILES string of the molecule is C/C=C\c1c(/C=C/c2ccc(N)nc2)n2nc(C3CCCC3)cc2n(C(O)(O)O)c1=O. The van der Waals surface area contributed by atoms with Gasteiger partial charge in [-0.1, -0.05) is 31.1 Å². The van der Waals surface area contributed by atoms with E-state index in [0.29, 0.717) is 16.1 Å². The van der Waals surface area contributed by atoms with E-state index >= 15 is 0 Å². The molecule has 0 unspecified atom stereocenters. The molecule has 0 aromatic carbocycles. The van der Waals surface area contributed by atoms with Gasteiger partial charge in [0.1, 0.15) is 11.5 Å². The highest BCUT2D eigenvalue weighted by Crippen LogP contribution is 2.34. The van der Waals surface area contributed by atoms with E-state index in [1.54, 1.807) is 55.6 Å². The van der Waals surface area contributed by atoms with Crippen LogP contribution in [0.2, 0.25) is 0 Å². The Balaban J connectivity index is 1.99. The maximum absolute atomic E-state index is 13.2. The Morgan fingerprint density at radius 3 is 2.52 bits per heavy atom. The van der Waals surface area contributed by atoms with Crippen molar-refractivity contribution in [3.8, 4) is 0 Å². The molecule has 1 fully saturated rings. The van der Waals surface area contributed by atoms with Crippen molar-refractivity contribution in [2.75, 3.05) is 5.73 Å². The number of aromatic nitrogens is 4. The quantitative estimate of drug-likeness (QED) is 0.460. The van der Waals surface area contributed by atoms with Gasteiger partial charge in [-0.15, -0.1) is 0 Å². The molecule has 0 saturated heterocycles. The molecular formula is C22H25N5O4. The van der Waals surface area contributed by atoms with Crippen LogP contribution in [0.5, 0.6) is 0 Å². The number of hydrogen-bond donors (Lipinski definition) is 4. The highest BCUT2D eigenvalue weighted by Gasteiger charge is 2.31. The van der Waals surface area contributed by atoms with Gasteiger partial charge < -0.3 is 21.1 Å². The van der Waals surface area contributed by atoms with Crippen LogP contribution in [0.3, 0.4) is 0 Å². The third-order valence-corrected chi connectivity index (χ3v) is 5.53. The Kier molecular flexibility index (Phi) is 5.48. The van der Waals surface area contributed by atoms with E-state index in [4.69, 9.17) is 5.73 Å². The molecule has 5 N–H and O–H groups in total. The van der Waals surface area contributed by atoms with Crippen LogP contribution in [-0.4, -0.2) is 34.5 Å². The molecule has 0 bridgehead atoms.